The monoisotopic (exact) mass is 386 g/mol. The molecule has 3 nitrogen and oxygen atoms in total. The third kappa shape index (κ3) is 4.12. The molecule has 1 aliphatic rings. The highest BCUT2D eigenvalue weighted by molar-refractivity contribution is 5.84. The van der Waals surface area contributed by atoms with Crippen molar-refractivity contribution in [2.45, 2.75) is 26.2 Å². The van der Waals surface area contributed by atoms with Gasteiger partial charge in [-0.15, -0.1) is 0 Å². The van der Waals surface area contributed by atoms with Gasteiger partial charge in [-0.1, -0.05) is 78.9 Å². The van der Waals surface area contributed by atoms with Crippen molar-refractivity contribution >= 4 is 5.57 Å². The average molecular weight is 386 g/mol. The van der Waals surface area contributed by atoms with Crippen LogP contribution in [0.15, 0.2) is 84.9 Å². The van der Waals surface area contributed by atoms with Crippen LogP contribution in [0.25, 0.3) is 5.57 Å². The van der Waals surface area contributed by atoms with Crippen molar-refractivity contribution in [3.05, 3.63) is 107 Å². The highest BCUT2D eigenvalue weighted by Gasteiger charge is 2.35. The summed E-state index contributed by atoms with van der Waals surface area (Å²) in [4.78, 5) is 0. The zero-order valence-electron chi connectivity index (χ0n) is 16.9. The van der Waals surface area contributed by atoms with Crippen LogP contribution in [0.2, 0.25) is 0 Å². The van der Waals surface area contributed by atoms with Gasteiger partial charge in [0.1, 0.15) is 12.4 Å². The maximum atomic E-state index is 6.21. The smallest absolute Gasteiger partial charge is 0.192 e. The summed E-state index contributed by atoms with van der Waals surface area (Å²) >= 11 is 0. The fourth-order valence-corrected chi connectivity index (χ4v) is 3.79. The molecule has 0 spiro atoms. The van der Waals surface area contributed by atoms with E-state index in [9.17, 15) is 0 Å². The van der Waals surface area contributed by atoms with E-state index in [0.29, 0.717) is 19.8 Å². The molecule has 0 radical (unpaired) electrons. The van der Waals surface area contributed by atoms with Crippen LogP contribution in [-0.4, -0.2) is 13.2 Å². The first-order chi connectivity index (χ1) is 14.2. The molecule has 3 heteroatoms. The van der Waals surface area contributed by atoms with Crippen LogP contribution < -0.4 is 4.74 Å². The van der Waals surface area contributed by atoms with Gasteiger partial charge in [0.25, 0.3) is 0 Å². The van der Waals surface area contributed by atoms with Gasteiger partial charge in [-0.25, -0.2) is 0 Å². The number of rotatable bonds is 6. The Kier molecular flexibility index (Phi) is 5.79. The van der Waals surface area contributed by atoms with Crippen LogP contribution in [0.5, 0.6) is 5.75 Å². The lowest BCUT2D eigenvalue weighted by Gasteiger charge is -2.27. The molecule has 3 aromatic rings. The second-order valence-electron chi connectivity index (χ2n) is 7.16. The van der Waals surface area contributed by atoms with E-state index in [4.69, 9.17) is 14.2 Å². The molecule has 3 aromatic carbocycles. The Morgan fingerprint density at radius 2 is 1.48 bits per heavy atom. The summed E-state index contributed by atoms with van der Waals surface area (Å²) < 4.78 is 18.1. The van der Waals surface area contributed by atoms with E-state index in [0.717, 1.165) is 33.6 Å². The maximum absolute atomic E-state index is 6.21. The van der Waals surface area contributed by atoms with Gasteiger partial charge in [0, 0.05) is 11.1 Å². The lowest BCUT2D eigenvalue weighted by atomic mass is 9.90. The number of ether oxygens (including phenoxy) is 3. The van der Waals surface area contributed by atoms with E-state index in [1.165, 1.54) is 0 Å². The number of hydrogen-bond donors (Lipinski definition) is 0. The van der Waals surface area contributed by atoms with E-state index < -0.39 is 5.79 Å². The van der Waals surface area contributed by atoms with Gasteiger partial charge in [-0.05, 0) is 36.6 Å². The van der Waals surface area contributed by atoms with E-state index >= 15 is 0 Å². The van der Waals surface area contributed by atoms with Crippen molar-refractivity contribution in [2.75, 3.05) is 13.2 Å². The second kappa shape index (κ2) is 8.64. The number of allylic oxidation sites excluding steroid dienone is 1. The van der Waals surface area contributed by atoms with Gasteiger partial charge >= 0.3 is 0 Å². The van der Waals surface area contributed by atoms with Crippen LogP contribution in [0.3, 0.4) is 0 Å². The zero-order chi connectivity index (χ0) is 20.1. The lowest BCUT2D eigenvalue weighted by molar-refractivity contribution is -0.149. The molecule has 0 N–H and O–H groups in total. The molecule has 4 rings (SSSR count). The SMILES string of the molecule is C/C=C(\c1ccccc1OCc1ccccc1)c1ccccc1C1(C)OCCO1. The first-order valence-electron chi connectivity index (χ1n) is 10.0. The van der Waals surface area contributed by atoms with E-state index in [1.807, 2.05) is 55.5 Å². The molecule has 1 aliphatic heterocycles. The Bertz CT molecular complexity index is 986. The molecule has 0 amide bonds. The van der Waals surface area contributed by atoms with Crippen molar-refractivity contribution in [3.63, 3.8) is 0 Å². The van der Waals surface area contributed by atoms with Crippen LogP contribution in [0.1, 0.15) is 36.1 Å². The quantitative estimate of drug-likeness (QED) is 0.525. The molecule has 29 heavy (non-hydrogen) atoms. The summed E-state index contributed by atoms with van der Waals surface area (Å²) in [7, 11) is 0. The standard InChI is InChI=1S/C26H26O3/c1-3-21(22-13-7-9-15-24(22)26(2)28-17-18-29-26)23-14-8-10-16-25(23)27-19-20-11-5-4-6-12-20/h3-16H,17-19H2,1-2H3/b21-3-. The fraction of sp³-hybridized carbons (Fsp3) is 0.231. The highest BCUT2D eigenvalue weighted by Crippen LogP contribution is 2.39. The zero-order valence-corrected chi connectivity index (χ0v) is 16.9. The Labute approximate surface area is 172 Å². The largest absolute Gasteiger partial charge is 0.488 e. The molecule has 1 heterocycles. The van der Waals surface area contributed by atoms with Crippen LogP contribution >= 0.6 is 0 Å². The van der Waals surface area contributed by atoms with Crippen LogP contribution in [-0.2, 0) is 21.9 Å². The summed E-state index contributed by atoms with van der Waals surface area (Å²) in [5, 5.41) is 0. The minimum atomic E-state index is -0.731. The fourth-order valence-electron chi connectivity index (χ4n) is 3.79. The first-order valence-corrected chi connectivity index (χ1v) is 10.0. The Morgan fingerprint density at radius 1 is 0.862 bits per heavy atom. The van der Waals surface area contributed by atoms with Gasteiger partial charge in [-0.2, -0.15) is 0 Å². The molecule has 0 aliphatic carbocycles. The highest BCUT2D eigenvalue weighted by atomic mass is 16.7. The molecule has 0 bridgehead atoms. The van der Waals surface area contributed by atoms with Crippen molar-refractivity contribution in [3.8, 4) is 5.75 Å². The summed E-state index contributed by atoms with van der Waals surface area (Å²) in [6.07, 6.45) is 2.13. The molecular weight excluding hydrogens is 360 g/mol. The van der Waals surface area contributed by atoms with E-state index in [2.05, 4.69) is 43.3 Å². The Morgan fingerprint density at radius 3 is 2.21 bits per heavy atom. The minimum Gasteiger partial charge on any atom is -0.488 e. The van der Waals surface area contributed by atoms with E-state index in [1.54, 1.807) is 0 Å². The molecule has 148 valence electrons. The summed E-state index contributed by atoms with van der Waals surface area (Å²) in [5.41, 5.74) is 5.42. The maximum Gasteiger partial charge on any atom is 0.192 e. The van der Waals surface area contributed by atoms with Crippen molar-refractivity contribution in [1.29, 1.82) is 0 Å². The van der Waals surface area contributed by atoms with E-state index in [-0.39, 0.29) is 0 Å². The molecule has 0 atom stereocenters. The molecule has 1 saturated heterocycles. The molecular formula is C26H26O3. The minimum absolute atomic E-state index is 0.528. The second-order valence-corrected chi connectivity index (χ2v) is 7.16. The van der Waals surface area contributed by atoms with Gasteiger partial charge in [-0.3, -0.25) is 0 Å². The normalized spacial score (nSPS) is 16.0. The number of para-hydroxylation sites is 1. The first kappa shape index (κ1) is 19.4. The summed E-state index contributed by atoms with van der Waals surface area (Å²) in [6.45, 7) is 5.78. The van der Waals surface area contributed by atoms with Crippen molar-refractivity contribution in [2.24, 2.45) is 0 Å². The lowest BCUT2D eigenvalue weighted by Crippen LogP contribution is -2.24. The van der Waals surface area contributed by atoms with Gasteiger partial charge in [0.05, 0.1) is 13.2 Å². The topological polar surface area (TPSA) is 27.7 Å². The molecule has 0 aromatic heterocycles. The third-order valence-corrected chi connectivity index (χ3v) is 5.25. The molecule has 0 saturated carbocycles. The summed E-state index contributed by atoms with van der Waals surface area (Å²) in [5.74, 6) is 0.127. The van der Waals surface area contributed by atoms with Crippen LogP contribution in [0.4, 0.5) is 0 Å². The Balaban J connectivity index is 1.70. The number of benzene rings is 3. The number of hydrogen-bond acceptors (Lipinski definition) is 3. The van der Waals surface area contributed by atoms with Crippen LogP contribution in [0, 0.1) is 0 Å². The average Bonchev–Trinajstić information content (AvgIpc) is 3.22. The summed E-state index contributed by atoms with van der Waals surface area (Å²) in [6, 6.07) is 26.7. The van der Waals surface area contributed by atoms with Gasteiger partial charge < -0.3 is 14.2 Å². The molecule has 0 unspecified atom stereocenters. The predicted octanol–water partition coefficient (Wildman–Crippen LogP) is 5.94. The van der Waals surface area contributed by atoms with Crippen molar-refractivity contribution in [1.82, 2.24) is 0 Å². The van der Waals surface area contributed by atoms with Gasteiger partial charge in [0.2, 0.25) is 0 Å². The predicted molar refractivity (Wildman–Crippen MR) is 116 cm³/mol. The molecule has 1 fully saturated rings. The Hall–Kier alpha value is -2.88. The van der Waals surface area contributed by atoms with Crippen molar-refractivity contribution < 1.29 is 14.2 Å². The third-order valence-electron chi connectivity index (χ3n) is 5.25. The van der Waals surface area contributed by atoms with Gasteiger partial charge in [0.15, 0.2) is 5.79 Å².